The standard InChI is InChI=1S/C12H15N5O3/c13-16-15-10-5-6-11(12(9-10)17(19)20)14-7-3-1-2-4-8-18/h1-2,5-6,9,14,18H,3-4,7-8H2/b2-1+. The molecule has 8 heteroatoms. The molecular weight excluding hydrogens is 262 g/mol. The first-order chi connectivity index (χ1) is 9.69. The SMILES string of the molecule is [N-]=[N+]=Nc1ccc(NCC/C=C/CCO)c([N+](=O)[O-])c1. The van der Waals surface area contributed by atoms with Crippen molar-refractivity contribution >= 4 is 17.1 Å². The van der Waals surface area contributed by atoms with Gasteiger partial charge in [-0.15, -0.1) is 0 Å². The number of hydrogen-bond acceptors (Lipinski definition) is 5. The lowest BCUT2D eigenvalue weighted by atomic mass is 10.2. The third-order valence-corrected chi connectivity index (χ3v) is 2.43. The third kappa shape index (κ3) is 4.97. The summed E-state index contributed by atoms with van der Waals surface area (Å²) in [7, 11) is 0. The van der Waals surface area contributed by atoms with Crippen LogP contribution < -0.4 is 5.32 Å². The maximum atomic E-state index is 10.9. The van der Waals surface area contributed by atoms with Gasteiger partial charge in [0.2, 0.25) is 0 Å². The summed E-state index contributed by atoms with van der Waals surface area (Å²) in [4.78, 5) is 13.0. The quantitative estimate of drug-likeness (QED) is 0.144. The van der Waals surface area contributed by atoms with Crippen molar-refractivity contribution in [2.75, 3.05) is 18.5 Å². The van der Waals surface area contributed by atoms with E-state index in [2.05, 4.69) is 15.3 Å². The van der Waals surface area contributed by atoms with Gasteiger partial charge in [-0.2, -0.15) is 0 Å². The molecule has 8 nitrogen and oxygen atoms in total. The molecule has 0 fully saturated rings. The first-order valence-corrected chi connectivity index (χ1v) is 6.02. The largest absolute Gasteiger partial charge is 0.396 e. The fourth-order valence-corrected chi connectivity index (χ4v) is 1.53. The monoisotopic (exact) mass is 277 g/mol. The predicted molar refractivity (Wildman–Crippen MR) is 75.9 cm³/mol. The van der Waals surface area contributed by atoms with Crippen LogP contribution in [-0.2, 0) is 0 Å². The number of benzene rings is 1. The van der Waals surface area contributed by atoms with Crippen LogP contribution >= 0.6 is 0 Å². The normalized spacial score (nSPS) is 10.2. The number of nitrogens with zero attached hydrogens (tertiary/aromatic N) is 4. The summed E-state index contributed by atoms with van der Waals surface area (Å²) in [6, 6.07) is 4.25. The fourth-order valence-electron chi connectivity index (χ4n) is 1.53. The maximum Gasteiger partial charge on any atom is 0.292 e. The number of nitrogens with one attached hydrogen (secondary N) is 1. The topological polar surface area (TPSA) is 124 Å². The van der Waals surface area contributed by atoms with Crippen LogP contribution in [0.25, 0.3) is 10.4 Å². The number of nitro benzene ring substituents is 1. The number of aliphatic hydroxyl groups excluding tert-OH is 1. The molecule has 0 heterocycles. The van der Waals surface area contributed by atoms with Crippen molar-refractivity contribution in [2.24, 2.45) is 5.11 Å². The van der Waals surface area contributed by atoms with E-state index >= 15 is 0 Å². The van der Waals surface area contributed by atoms with Crippen molar-refractivity contribution in [3.8, 4) is 0 Å². The Morgan fingerprint density at radius 2 is 2.20 bits per heavy atom. The Bertz CT molecular complexity index is 538. The van der Waals surface area contributed by atoms with Crippen LogP contribution in [-0.4, -0.2) is 23.2 Å². The van der Waals surface area contributed by atoms with Gasteiger partial charge in [0.25, 0.3) is 5.69 Å². The highest BCUT2D eigenvalue weighted by Crippen LogP contribution is 2.29. The van der Waals surface area contributed by atoms with Crippen molar-refractivity contribution in [3.63, 3.8) is 0 Å². The van der Waals surface area contributed by atoms with E-state index in [1.54, 1.807) is 0 Å². The molecule has 0 saturated carbocycles. The van der Waals surface area contributed by atoms with Crippen LogP contribution in [0.4, 0.5) is 17.1 Å². The molecular formula is C12H15N5O3. The van der Waals surface area contributed by atoms with Crippen molar-refractivity contribution in [3.05, 3.63) is 50.9 Å². The molecule has 0 aliphatic carbocycles. The molecule has 20 heavy (non-hydrogen) atoms. The summed E-state index contributed by atoms with van der Waals surface area (Å²) < 4.78 is 0. The van der Waals surface area contributed by atoms with Crippen LogP contribution in [0.3, 0.4) is 0 Å². The summed E-state index contributed by atoms with van der Waals surface area (Å²) in [5.74, 6) is 0. The van der Waals surface area contributed by atoms with E-state index in [9.17, 15) is 10.1 Å². The molecule has 2 N–H and O–H groups in total. The number of nitro groups is 1. The Kier molecular flexibility index (Phi) is 6.60. The molecule has 1 aromatic carbocycles. The van der Waals surface area contributed by atoms with Gasteiger partial charge in [-0.3, -0.25) is 10.1 Å². The van der Waals surface area contributed by atoms with E-state index in [1.165, 1.54) is 18.2 Å². The molecule has 0 aliphatic rings. The minimum atomic E-state index is -0.527. The number of azide groups is 1. The van der Waals surface area contributed by atoms with E-state index in [-0.39, 0.29) is 18.0 Å². The molecule has 0 spiro atoms. The maximum absolute atomic E-state index is 10.9. The van der Waals surface area contributed by atoms with Crippen molar-refractivity contribution in [2.45, 2.75) is 12.8 Å². The van der Waals surface area contributed by atoms with Gasteiger partial charge >= 0.3 is 0 Å². The van der Waals surface area contributed by atoms with Crippen LogP contribution in [0.15, 0.2) is 35.5 Å². The lowest BCUT2D eigenvalue weighted by Gasteiger charge is -2.06. The highest BCUT2D eigenvalue weighted by Gasteiger charge is 2.13. The Morgan fingerprint density at radius 3 is 2.85 bits per heavy atom. The molecule has 0 atom stereocenters. The van der Waals surface area contributed by atoms with Gasteiger partial charge in [0, 0.05) is 29.8 Å². The first-order valence-electron chi connectivity index (χ1n) is 6.02. The van der Waals surface area contributed by atoms with Gasteiger partial charge in [-0.25, -0.2) is 0 Å². The van der Waals surface area contributed by atoms with Crippen molar-refractivity contribution in [1.29, 1.82) is 0 Å². The van der Waals surface area contributed by atoms with E-state index in [0.29, 0.717) is 25.1 Å². The molecule has 0 amide bonds. The number of hydrogen-bond donors (Lipinski definition) is 2. The number of aliphatic hydroxyl groups is 1. The third-order valence-electron chi connectivity index (χ3n) is 2.43. The molecule has 0 aliphatic heterocycles. The smallest absolute Gasteiger partial charge is 0.292 e. The highest BCUT2D eigenvalue weighted by molar-refractivity contribution is 5.66. The minimum Gasteiger partial charge on any atom is -0.396 e. The van der Waals surface area contributed by atoms with E-state index in [4.69, 9.17) is 10.6 Å². The molecule has 0 saturated heterocycles. The van der Waals surface area contributed by atoms with Gasteiger partial charge in [0.05, 0.1) is 4.92 Å². The number of anilines is 1. The first kappa shape index (κ1) is 15.5. The Labute approximate surface area is 115 Å². The summed E-state index contributed by atoms with van der Waals surface area (Å²) in [6.45, 7) is 0.639. The average molecular weight is 277 g/mol. The van der Waals surface area contributed by atoms with Gasteiger partial charge in [-0.1, -0.05) is 23.3 Å². The van der Waals surface area contributed by atoms with Crippen LogP contribution in [0, 0.1) is 10.1 Å². The zero-order valence-corrected chi connectivity index (χ0v) is 10.8. The van der Waals surface area contributed by atoms with Crippen LogP contribution in [0.1, 0.15) is 12.8 Å². The highest BCUT2D eigenvalue weighted by atomic mass is 16.6. The van der Waals surface area contributed by atoms with E-state index in [0.717, 1.165) is 0 Å². The van der Waals surface area contributed by atoms with Crippen molar-refractivity contribution in [1.82, 2.24) is 0 Å². The van der Waals surface area contributed by atoms with Gasteiger partial charge in [0.15, 0.2) is 0 Å². The molecule has 1 rings (SSSR count). The Balaban J connectivity index is 2.69. The molecule has 106 valence electrons. The Morgan fingerprint density at radius 1 is 1.45 bits per heavy atom. The van der Waals surface area contributed by atoms with Crippen LogP contribution in [0.5, 0.6) is 0 Å². The molecule has 0 radical (unpaired) electrons. The summed E-state index contributed by atoms with van der Waals surface area (Å²) >= 11 is 0. The second-order valence-corrected chi connectivity index (χ2v) is 3.85. The lowest BCUT2D eigenvalue weighted by molar-refractivity contribution is -0.383. The van der Waals surface area contributed by atoms with Gasteiger partial charge in [0.1, 0.15) is 5.69 Å². The average Bonchev–Trinajstić information content (AvgIpc) is 2.44. The fraction of sp³-hybridized carbons (Fsp3) is 0.333. The molecule has 0 unspecified atom stereocenters. The zero-order chi connectivity index (χ0) is 14.8. The minimum absolute atomic E-state index is 0.107. The summed E-state index contributed by atoms with van der Waals surface area (Å²) in [6.07, 6.45) is 5.03. The molecule has 0 bridgehead atoms. The summed E-state index contributed by atoms with van der Waals surface area (Å²) in [5, 5.41) is 25.8. The zero-order valence-electron chi connectivity index (χ0n) is 10.8. The number of rotatable bonds is 8. The van der Waals surface area contributed by atoms with E-state index in [1.807, 2.05) is 12.2 Å². The molecule has 0 aromatic heterocycles. The predicted octanol–water partition coefficient (Wildman–Crippen LogP) is 3.28. The Hall–Kier alpha value is -2.57. The van der Waals surface area contributed by atoms with Gasteiger partial charge in [-0.05, 0) is 24.4 Å². The molecule has 1 aromatic rings. The second kappa shape index (κ2) is 8.52. The van der Waals surface area contributed by atoms with Crippen LogP contribution in [0.2, 0.25) is 0 Å². The lowest BCUT2D eigenvalue weighted by Crippen LogP contribution is -2.03. The van der Waals surface area contributed by atoms with E-state index < -0.39 is 4.92 Å². The second-order valence-electron chi connectivity index (χ2n) is 3.85. The van der Waals surface area contributed by atoms with Crippen molar-refractivity contribution < 1.29 is 10.0 Å². The van der Waals surface area contributed by atoms with Gasteiger partial charge < -0.3 is 10.4 Å². The summed E-state index contributed by atoms with van der Waals surface area (Å²) in [5.41, 5.74) is 8.76.